The van der Waals surface area contributed by atoms with Crippen LogP contribution in [0, 0.1) is 0 Å². The number of carboxylic acid groups (broad SMARTS) is 1. The lowest BCUT2D eigenvalue weighted by molar-refractivity contribution is -0.136. The predicted molar refractivity (Wildman–Crippen MR) is 81.4 cm³/mol. The van der Waals surface area contributed by atoms with Gasteiger partial charge in [0.15, 0.2) is 0 Å². The van der Waals surface area contributed by atoms with E-state index >= 15 is 0 Å². The van der Waals surface area contributed by atoms with E-state index in [1.165, 1.54) is 11.3 Å². The molecule has 1 saturated carbocycles. The summed E-state index contributed by atoms with van der Waals surface area (Å²) in [5, 5.41) is 11.9. The largest absolute Gasteiger partial charge is 0.481 e. The van der Waals surface area contributed by atoms with Gasteiger partial charge in [-0.3, -0.25) is 9.69 Å². The standard InChI is InChI=1S/C16H22N2O3/c19-15(20)11-12-18(14-9-5-2-6-10-14)16(21)17-13-7-3-1-4-8-13/h2,5-6,9-10,13H,1,3-4,7-8,11-12H2,(H,17,21)(H,19,20). The average Bonchev–Trinajstić information content (AvgIpc) is 2.49. The molecule has 2 N–H and O–H groups in total. The third-order valence-corrected chi connectivity index (χ3v) is 3.80. The van der Waals surface area contributed by atoms with Crippen molar-refractivity contribution in [2.45, 2.75) is 44.6 Å². The van der Waals surface area contributed by atoms with Crippen LogP contribution in [-0.2, 0) is 4.79 Å². The van der Waals surface area contributed by atoms with Crippen molar-refractivity contribution in [3.63, 3.8) is 0 Å². The zero-order valence-corrected chi connectivity index (χ0v) is 12.1. The van der Waals surface area contributed by atoms with Crippen molar-refractivity contribution in [2.75, 3.05) is 11.4 Å². The predicted octanol–water partition coefficient (Wildman–Crippen LogP) is 3.01. The lowest BCUT2D eigenvalue weighted by Crippen LogP contribution is -2.46. The van der Waals surface area contributed by atoms with Crippen LogP contribution < -0.4 is 10.2 Å². The summed E-state index contributed by atoms with van der Waals surface area (Å²) >= 11 is 0. The van der Waals surface area contributed by atoms with Crippen LogP contribution in [0.15, 0.2) is 30.3 Å². The van der Waals surface area contributed by atoms with E-state index in [2.05, 4.69) is 5.32 Å². The number of anilines is 1. The minimum absolute atomic E-state index is 0.0625. The Morgan fingerprint density at radius 2 is 1.81 bits per heavy atom. The van der Waals surface area contributed by atoms with Crippen LogP contribution >= 0.6 is 0 Å². The third-order valence-electron chi connectivity index (χ3n) is 3.80. The molecule has 5 heteroatoms. The second-order valence-electron chi connectivity index (χ2n) is 5.42. The second kappa shape index (κ2) is 7.67. The van der Waals surface area contributed by atoms with E-state index < -0.39 is 5.97 Å². The minimum Gasteiger partial charge on any atom is -0.481 e. The van der Waals surface area contributed by atoms with Crippen molar-refractivity contribution < 1.29 is 14.7 Å². The van der Waals surface area contributed by atoms with Gasteiger partial charge in [0.05, 0.1) is 6.42 Å². The maximum Gasteiger partial charge on any atom is 0.322 e. The van der Waals surface area contributed by atoms with E-state index in [4.69, 9.17) is 5.11 Å². The molecular formula is C16H22N2O3. The van der Waals surface area contributed by atoms with E-state index in [1.807, 2.05) is 30.3 Å². The van der Waals surface area contributed by atoms with Gasteiger partial charge in [-0.05, 0) is 25.0 Å². The Kier molecular flexibility index (Phi) is 5.60. The van der Waals surface area contributed by atoms with Gasteiger partial charge >= 0.3 is 12.0 Å². The molecule has 0 atom stereocenters. The topological polar surface area (TPSA) is 69.6 Å². The highest BCUT2D eigenvalue weighted by Crippen LogP contribution is 2.19. The first-order valence-electron chi connectivity index (χ1n) is 7.51. The SMILES string of the molecule is O=C(O)CCN(C(=O)NC1CCCCC1)c1ccccc1. The van der Waals surface area contributed by atoms with Gasteiger partial charge in [0.2, 0.25) is 0 Å². The molecule has 2 rings (SSSR count). The number of hydrogen-bond acceptors (Lipinski definition) is 2. The second-order valence-corrected chi connectivity index (χ2v) is 5.42. The summed E-state index contributed by atoms with van der Waals surface area (Å²) in [6, 6.07) is 9.22. The smallest absolute Gasteiger partial charge is 0.322 e. The number of nitrogens with zero attached hydrogens (tertiary/aromatic N) is 1. The first-order chi connectivity index (χ1) is 10.2. The molecule has 21 heavy (non-hydrogen) atoms. The van der Waals surface area contributed by atoms with E-state index in [0.717, 1.165) is 31.4 Å². The van der Waals surface area contributed by atoms with E-state index in [-0.39, 0.29) is 25.0 Å². The van der Waals surface area contributed by atoms with E-state index in [1.54, 1.807) is 0 Å². The van der Waals surface area contributed by atoms with E-state index in [9.17, 15) is 9.59 Å². The lowest BCUT2D eigenvalue weighted by Gasteiger charge is -2.28. The fourth-order valence-electron chi connectivity index (χ4n) is 2.66. The highest BCUT2D eigenvalue weighted by molar-refractivity contribution is 5.92. The first-order valence-corrected chi connectivity index (χ1v) is 7.51. The van der Waals surface area contributed by atoms with Gasteiger partial charge in [-0.15, -0.1) is 0 Å². The summed E-state index contributed by atoms with van der Waals surface area (Å²) < 4.78 is 0. The maximum absolute atomic E-state index is 12.4. The van der Waals surface area contributed by atoms with Crippen LogP contribution in [-0.4, -0.2) is 29.7 Å². The molecule has 0 bridgehead atoms. The first kappa shape index (κ1) is 15.4. The van der Waals surface area contributed by atoms with Crippen LogP contribution in [0.25, 0.3) is 0 Å². The van der Waals surface area contributed by atoms with Crippen molar-refractivity contribution in [3.8, 4) is 0 Å². The van der Waals surface area contributed by atoms with Crippen molar-refractivity contribution in [1.29, 1.82) is 0 Å². The summed E-state index contributed by atoms with van der Waals surface area (Å²) in [4.78, 5) is 24.8. The molecule has 1 fully saturated rings. The van der Waals surface area contributed by atoms with Gasteiger partial charge in [-0.2, -0.15) is 0 Å². The molecule has 1 aromatic carbocycles. The molecule has 1 aliphatic rings. The minimum atomic E-state index is -0.901. The van der Waals surface area contributed by atoms with Gasteiger partial charge in [0.25, 0.3) is 0 Å². The number of urea groups is 1. The molecule has 0 heterocycles. The number of para-hydroxylation sites is 1. The summed E-state index contributed by atoms with van der Waals surface area (Å²) in [6.07, 6.45) is 5.47. The molecule has 0 unspecified atom stereocenters. The van der Waals surface area contributed by atoms with Gasteiger partial charge in [0.1, 0.15) is 0 Å². The van der Waals surface area contributed by atoms with Crippen molar-refractivity contribution in [3.05, 3.63) is 30.3 Å². The molecule has 2 amide bonds. The Morgan fingerprint density at radius 3 is 2.43 bits per heavy atom. The summed E-state index contributed by atoms with van der Waals surface area (Å²) in [7, 11) is 0. The summed E-state index contributed by atoms with van der Waals surface area (Å²) in [6.45, 7) is 0.178. The number of hydrogen-bond donors (Lipinski definition) is 2. The quantitative estimate of drug-likeness (QED) is 0.875. The third kappa shape index (κ3) is 4.77. The van der Waals surface area contributed by atoms with Gasteiger partial charge < -0.3 is 10.4 Å². The Morgan fingerprint density at radius 1 is 1.14 bits per heavy atom. The highest BCUT2D eigenvalue weighted by Gasteiger charge is 2.21. The Hall–Kier alpha value is -2.04. The van der Waals surface area contributed by atoms with Crippen molar-refractivity contribution >= 4 is 17.7 Å². The number of nitrogens with one attached hydrogen (secondary N) is 1. The van der Waals surface area contributed by atoms with E-state index in [0.29, 0.717) is 0 Å². The van der Waals surface area contributed by atoms with Crippen molar-refractivity contribution in [2.24, 2.45) is 0 Å². The summed E-state index contributed by atoms with van der Waals surface area (Å²) in [5.74, 6) is -0.901. The summed E-state index contributed by atoms with van der Waals surface area (Å²) in [5.41, 5.74) is 0.729. The number of carboxylic acids is 1. The van der Waals surface area contributed by atoms with Crippen LogP contribution in [0.2, 0.25) is 0 Å². The number of benzene rings is 1. The lowest BCUT2D eigenvalue weighted by atomic mass is 9.96. The molecule has 1 aromatic rings. The molecule has 0 radical (unpaired) electrons. The Labute approximate surface area is 125 Å². The molecule has 0 aliphatic heterocycles. The van der Waals surface area contributed by atoms with Crippen LogP contribution in [0.5, 0.6) is 0 Å². The van der Waals surface area contributed by atoms with Gasteiger partial charge in [0, 0.05) is 18.3 Å². The highest BCUT2D eigenvalue weighted by atomic mass is 16.4. The van der Waals surface area contributed by atoms with Gasteiger partial charge in [-0.1, -0.05) is 37.5 Å². The number of rotatable bonds is 5. The molecule has 0 aromatic heterocycles. The Balaban J connectivity index is 2.02. The molecule has 114 valence electrons. The van der Waals surface area contributed by atoms with Crippen LogP contribution in [0.1, 0.15) is 38.5 Å². The van der Waals surface area contributed by atoms with Crippen molar-refractivity contribution in [1.82, 2.24) is 5.32 Å². The van der Waals surface area contributed by atoms with Crippen LogP contribution in [0.3, 0.4) is 0 Å². The molecule has 1 aliphatic carbocycles. The Bertz CT molecular complexity index is 470. The van der Waals surface area contributed by atoms with Gasteiger partial charge in [-0.25, -0.2) is 4.79 Å². The number of carbonyl (C=O) groups excluding carboxylic acids is 1. The average molecular weight is 290 g/mol. The monoisotopic (exact) mass is 290 g/mol. The normalized spacial score (nSPS) is 15.4. The zero-order valence-electron chi connectivity index (χ0n) is 12.1. The number of aliphatic carboxylic acids is 1. The fraction of sp³-hybridized carbons (Fsp3) is 0.500. The van der Waals surface area contributed by atoms with Crippen LogP contribution in [0.4, 0.5) is 10.5 Å². The molecular weight excluding hydrogens is 268 g/mol. The zero-order chi connectivity index (χ0) is 15.1. The number of carbonyl (C=O) groups is 2. The maximum atomic E-state index is 12.4. The molecule has 0 spiro atoms. The molecule has 5 nitrogen and oxygen atoms in total. The molecule has 0 saturated heterocycles. The fourth-order valence-corrected chi connectivity index (χ4v) is 2.66. The number of amides is 2.